The van der Waals surface area contributed by atoms with Crippen LogP contribution in [0.25, 0.3) is 0 Å². The lowest BCUT2D eigenvalue weighted by atomic mass is 10.2. The zero-order valence-corrected chi connectivity index (χ0v) is 10.1. The molecule has 1 saturated carbocycles. The van der Waals surface area contributed by atoms with Crippen LogP contribution in [0.3, 0.4) is 0 Å². The van der Waals surface area contributed by atoms with Gasteiger partial charge < -0.3 is 10.6 Å². The Kier molecular flexibility index (Phi) is 3.15. The molecule has 1 aromatic rings. The minimum absolute atomic E-state index is 0.140. The summed E-state index contributed by atoms with van der Waals surface area (Å²) in [5.74, 6) is -0.489. The van der Waals surface area contributed by atoms with Crippen molar-refractivity contribution >= 4 is 11.6 Å². The first-order chi connectivity index (χ1) is 7.97. The third kappa shape index (κ3) is 3.27. The first kappa shape index (κ1) is 12.0. The van der Waals surface area contributed by atoms with Crippen molar-refractivity contribution in [3.05, 3.63) is 30.1 Å². The van der Waals surface area contributed by atoms with Crippen LogP contribution in [0.2, 0.25) is 0 Å². The van der Waals surface area contributed by atoms with E-state index < -0.39 is 0 Å². The lowest BCUT2D eigenvalue weighted by molar-refractivity contribution is -0.115. The summed E-state index contributed by atoms with van der Waals surface area (Å²) in [6, 6.07) is 6.31. The number of carbonyl (C=O) groups excluding carboxylic acids is 1. The summed E-state index contributed by atoms with van der Waals surface area (Å²) < 4.78 is 12.9. The Bertz CT molecular complexity index is 431. The molecule has 0 spiro atoms. The van der Waals surface area contributed by atoms with Crippen molar-refractivity contribution < 1.29 is 9.18 Å². The zero-order valence-electron chi connectivity index (χ0n) is 10.1. The van der Waals surface area contributed by atoms with Gasteiger partial charge in [-0.05, 0) is 30.0 Å². The quantitative estimate of drug-likeness (QED) is 0.841. The standard InChI is InChI=1S/C13H17FN2O/c1-13(2)7-11(13)15-8-12(17)16-10-5-3-4-9(14)6-10/h3-6,11,15H,7-8H2,1-2H3,(H,16,17). The molecule has 92 valence electrons. The zero-order chi connectivity index (χ0) is 12.5. The number of amides is 1. The van der Waals surface area contributed by atoms with Gasteiger partial charge in [-0.15, -0.1) is 0 Å². The van der Waals surface area contributed by atoms with E-state index in [4.69, 9.17) is 0 Å². The van der Waals surface area contributed by atoms with Crippen LogP contribution in [-0.2, 0) is 4.79 Å². The molecular formula is C13H17FN2O. The highest BCUT2D eigenvalue weighted by atomic mass is 19.1. The van der Waals surface area contributed by atoms with Crippen molar-refractivity contribution in [2.45, 2.75) is 26.3 Å². The van der Waals surface area contributed by atoms with E-state index in [1.807, 2.05) is 0 Å². The number of halogens is 1. The van der Waals surface area contributed by atoms with E-state index in [9.17, 15) is 9.18 Å². The lowest BCUT2D eigenvalue weighted by Crippen LogP contribution is -2.31. The Hall–Kier alpha value is -1.42. The molecule has 1 fully saturated rings. The van der Waals surface area contributed by atoms with E-state index >= 15 is 0 Å². The lowest BCUT2D eigenvalue weighted by Gasteiger charge is -2.07. The highest BCUT2D eigenvalue weighted by molar-refractivity contribution is 5.92. The number of rotatable bonds is 4. The molecule has 0 aromatic heterocycles. The maximum atomic E-state index is 12.9. The van der Waals surface area contributed by atoms with Crippen LogP contribution in [0.15, 0.2) is 24.3 Å². The summed E-state index contributed by atoms with van der Waals surface area (Å²) in [7, 11) is 0. The van der Waals surface area contributed by atoms with Gasteiger partial charge in [0.2, 0.25) is 5.91 Å². The van der Waals surface area contributed by atoms with Crippen LogP contribution >= 0.6 is 0 Å². The number of benzene rings is 1. The SMILES string of the molecule is CC1(C)CC1NCC(=O)Nc1cccc(F)c1. The third-order valence-corrected chi connectivity index (χ3v) is 3.13. The average Bonchev–Trinajstić information content (AvgIpc) is 2.84. The number of hydrogen-bond donors (Lipinski definition) is 2. The second-order valence-corrected chi connectivity index (χ2v) is 5.18. The van der Waals surface area contributed by atoms with Crippen LogP contribution in [0.1, 0.15) is 20.3 Å². The Morgan fingerprint density at radius 1 is 1.53 bits per heavy atom. The molecular weight excluding hydrogens is 219 g/mol. The van der Waals surface area contributed by atoms with Gasteiger partial charge in [-0.25, -0.2) is 4.39 Å². The number of nitrogens with one attached hydrogen (secondary N) is 2. The minimum atomic E-state index is -0.348. The van der Waals surface area contributed by atoms with Gasteiger partial charge in [-0.2, -0.15) is 0 Å². The molecule has 0 aliphatic heterocycles. The van der Waals surface area contributed by atoms with Gasteiger partial charge in [-0.1, -0.05) is 19.9 Å². The molecule has 1 aliphatic carbocycles. The Morgan fingerprint density at radius 3 is 2.82 bits per heavy atom. The number of carbonyl (C=O) groups is 1. The molecule has 1 unspecified atom stereocenters. The average molecular weight is 236 g/mol. The van der Waals surface area contributed by atoms with Gasteiger partial charge in [0.25, 0.3) is 0 Å². The smallest absolute Gasteiger partial charge is 0.238 e. The molecule has 1 aliphatic rings. The molecule has 0 heterocycles. The molecule has 0 radical (unpaired) electrons. The van der Waals surface area contributed by atoms with E-state index in [1.54, 1.807) is 12.1 Å². The first-order valence-corrected chi connectivity index (χ1v) is 5.76. The fraction of sp³-hybridized carbons (Fsp3) is 0.462. The molecule has 4 heteroatoms. The van der Waals surface area contributed by atoms with Gasteiger partial charge in [-0.3, -0.25) is 4.79 Å². The second kappa shape index (κ2) is 4.45. The summed E-state index contributed by atoms with van der Waals surface area (Å²) in [6.07, 6.45) is 1.10. The molecule has 3 nitrogen and oxygen atoms in total. The molecule has 0 bridgehead atoms. The summed E-state index contributed by atoms with van der Waals surface area (Å²) >= 11 is 0. The van der Waals surface area contributed by atoms with Crippen LogP contribution in [-0.4, -0.2) is 18.5 Å². The highest BCUT2D eigenvalue weighted by Crippen LogP contribution is 2.44. The molecule has 1 amide bonds. The monoisotopic (exact) mass is 236 g/mol. The maximum Gasteiger partial charge on any atom is 0.238 e. The van der Waals surface area contributed by atoms with E-state index in [-0.39, 0.29) is 18.3 Å². The van der Waals surface area contributed by atoms with Gasteiger partial charge in [0.15, 0.2) is 0 Å². The largest absolute Gasteiger partial charge is 0.325 e. The predicted molar refractivity (Wildman–Crippen MR) is 65.2 cm³/mol. The van der Waals surface area contributed by atoms with E-state index in [1.165, 1.54) is 12.1 Å². The number of hydrogen-bond acceptors (Lipinski definition) is 2. The fourth-order valence-electron chi connectivity index (χ4n) is 1.80. The Balaban J connectivity index is 1.78. The van der Waals surface area contributed by atoms with Crippen molar-refractivity contribution in [1.82, 2.24) is 5.32 Å². The minimum Gasteiger partial charge on any atom is -0.325 e. The molecule has 1 atom stereocenters. The highest BCUT2D eigenvalue weighted by Gasteiger charge is 2.45. The van der Waals surface area contributed by atoms with Crippen molar-refractivity contribution in [3.63, 3.8) is 0 Å². The van der Waals surface area contributed by atoms with Gasteiger partial charge in [0, 0.05) is 11.7 Å². The first-order valence-electron chi connectivity index (χ1n) is 5.76. The Morgan fingerprint density at radius 2 is 2.24 bits per heavy atom. The van der Waals surface area contributed by atoms with Crippen molar-refractivity contribution in [3.8, 4) is 0 Å². The van der Waals surface area contributed by atoms with Crippen LogP contribution in [0, 0.1) is 11.2 Å². The summed E-state index contributed by atoms with van der Waals surface area (Å²) in [5.41, 5.74) is 0.797. The third-order valence-electron chi connectivity index (χ3n) is 3.13. The van der Waals surface area contributed by atoms with Crippen molar-refractivity contribution in [1.29, 1.82) is 0 Å². The van der Waals surface area contributed by atoms with E-state index in [2.05, 4.69) is 24.5 Å². The van der Waals surface area contributed by atoms with Crippen LogP contribution in [0.5, 0.6) is 0 Å². The Labute approximate surface area is 100 Å². The maximum absolute atomic E-state index is 12.9. The van der Waals surface area contributed by atoms with Gasteiger partial charge >= 0.3 is 0 Å². The molecule has 0 saturated heterocycles. The van der Waals surface area contributed by atoms with Crippen LogP contribution in [0.4, 0.5) is 10.1 Å². The van der Waals surface area contributed by atoms with Crippen LogP contribution < -0.4 is 10.6 Å². The van der Waals surface area contributed by atoms with E-state index in [0.717, 1.165) is 6.42 Å². The predicted octanol–water partition coefficient (Wildman–Crippen LogP) is 2.15. The molecule has 2 N–H and O–H groups in total. The normalized spacial score (nSPS) is 21.0. The van der Waals surface area contributed by atoms with Gasteiger partial charge in [0.1, 0.15) is 5.82 Å². The summed E-state index contributed by atoms with van der Waals surface area (Å²) in [6.45, 7) is 4.59. The topological polar surface area (TPSA) is 41.1 Å². The van der Waals surface area contributed by atoms with Crippen molar-refractivity contribution in [2.75, 3.05) is 11.9 Å². The van der Waals surface area contributed by atoms with Gasteiger partial charge in [0.05, 0.1) is 6.54 Å². The summed E-state index contributed by atoms with van der Waals surface area (Å²) in [5, 5.41) is 5.83. The molecule has 2 rings (SSSR count). The molecule has 17 heavy (non-hydrogen) atoms. The molecule has 1 aromatic carbocycles. The van der Waals surface area contributed by atoms with Crippen molar-refractivity contribution in [2.24, 2.45) is 5.41 Å². The number of anilines is 1. The second-order valence-electron chi connectivity index (χ2n) is 5.18. The fourth-order valence-corrected chi connectivity index (χ4v) is 1.80. The van der Waals surface area contributed by atoms with E-state index in [0.29, 0.717) is 17.1 Å². The summed E-state index contributed by atoms with van der Waals surface area (Å²) in [4.78, 5) is 11.6.